The predicted octanol–water partition coefficient (Wildman–Crippen LogP) is 1.54. The first-order valence-corrected chi connectivity index (χ1v) is 9.97. The van der Waals surface area contributed by atoms with Crippen molar-refractivity contribution < 1.29 is 22.7 Å². The van der Waals surface area contributed by atoms with Gasteiger partial charge in [-0.2, -0.15) is 0 Å². The van der Waals surface area contributed by atoms with Gasteiger partial charge in [-0.3, -0.25) is 4.79 Å². The van der Waals surface area contributed by atoms with Crippen molar-refractivity contribution >= 4 is 21.9 Å². The van der Waals surface area contributed by atoms with Crippen molar-refractivity contribution in [1.29, 1.82) is 0 Å². The zero-order valence-corrected chi connectivity index (χ0v) is 15.2. The highest BCUT2D eigenvalue weighted by Crippen LogP contribution is 2.13. The van der Waals surface area contributed by atoms with Crippen molar-refractivity contribution in [3.05, 3.63) is 29.8 Å². The number of likely N-dealkylation sites (tertiary alicyclic amines) is 1. The highest BCUT2D eigenvalue weighted by molar-refractivity contribution is 7.89. The van der Waals surface area contributed by atoms with E-state index in [9.17, 15) is 18.0 Å². The van der Waals surface area contributed by atoms with Crippen molar-refractivity contribution in [1.82, 2.24) is 9.62 Å². The van der Waals surface area contributed by atoms with Gasteiger partial charge in [0.15, 0.2) is 6.61 Å². The van der Waals surface area contributed by atoms with Gasteiger partial charge in [-0.1, -0.05) is 25.8 Å². The molecule has 0 aliphatic carbocycles. The number of nitrogens with one attached hydrogen (secondary N) is 1. The summed E-state index contributed by atoms with van der Waals surface area (Å²) in [7, 11) is -3.65. The van der Waals surface area contributed by atoms with Crippen LogP contribution in [-0.2, 0) is 19.6 Å². The topological polar surface area (TPSA) is 92.8 Å². The average molecular weight is 368 g/mol. The summed E-state index contributed by atoms with van der Waals surface area (Å²) in [4.78, 5) is 26.0. The molecule has 0 bridgehead atoms. The molecule has 1 saturated heterocycles. The fourth-order valence-electron chi connectivity index (χ4n) is 2.69. The molecule has 0 saturated carbocycles. The van der Waals surface area contributed by atoms with Gasteiger partial charge in [-0.15, -0.1) is 0 Å². The van der Waals surface area contributed by atoms with E-state index in [0.717, 1.165) is 25.7 Å². The van der Waals surface area contributed by atoms with Crippen LogP contribution in [0.5, 0.6) is 0 Å². The number of ether oxygens (including phenoxy) is 1. The molecule has 1 N–H and O–H groups in total. The maximum Gasteiger partial charge on any atom is 0.338 e. The Morgan fingerprint density at radius 2 is 1.84 bits per heavy atom. The van der Waals surface area contributed by atoms with Gasteiger partial charge in [0.05, 0.1) is 10.5 Å². The van der Waals surface area contributed by atoms with Crippen LogP contribution in [0.3, 0.4) is 0 Å². The second-order valence-corrected chi connectivity index (χ2v) is 7.67. The maximum absolute atomic E-state index is 12.1. The molecule has 0 spiro atoms. The van der Waals surface area contributed by atoms with Crippen LogP contribution < -0.4 is 4.72 Å². The van der Waals surface area contributed by atoms with Crippen molar-refractivity contribution in [3.63, 3.8) is 0 Å². The molecule has 1 aromatic carbocycles. The molecule has 0 atom stereocenters. The lowest BCUT2D eigenvalue weighted by Crippen LogP contribution is -2.35. The van der Waals surface area contributed by atoms with Gasteiger partial charge in [-0.05, 0) is 31.0 Å². The van der Waals surface area contributed by atoms with E-state index < -0.39 is 16.0 Å². The van der Waals surface area contributed by atoms with Crippen molar-refractivity contribution in [2.24, 2.45) is 0 Å². The number of amides is 1. The van der Waals surface area contributed by atoms with E-state index in [1.54, 1.807) is 11.8 Å². The Hall–Kier alpha value is -1.93. The van der Waals surface area contributed by atoms with Crippen LogP contribution in [0.15, 0.2) is 29.2 Å². The molecular formula is C17H24N2O5S. The molecule has 0 radical (unpaired) electrons. The summed E-state index contributed by atoms with van der Waals surface area (Å²) in [5.41, 5.74) is 0.0997. The number of hydrogen-bond acceptors (Lipinski definition) is 5. The van der Waals surface area contributed by atoms with Crippen LogP contribution >= 0.6 is 0 Å². The lowest BCUT2D eigenvalue weighted by Gasteiger charge is -2.19. The van der Waals surface area contributed by atoms with Crippen LogP contribution in [-0.4, -0.2) is 51.4 Å². The first-order valence-electron chi connectivity index (χ1n) is 8.48. The molecule has 2 rings (SSSR count). The molecule has 1 aromatic rings. The predicted molar refractivity (Wildman–Crippen MR) is 92.6 cm³/mol. The number of benzene rings is 1. The third-order valence-corrected chi connectivity index (χ3v) is 5.54. The minimum Gasteiger partial charge on any atom is -0.452 e. The summed E-state index contributed by atoms with van der Waals surface area (Å²) in [6.45, 7) is 2.97. The summed E-state index contributed by atoms with van der Waals surface area (Å²) in [5.74, 6) is -0.927. The van der Waals surface area contributed by atoms with E-state index >= 15 is 0 Å². The monoisotopic (exact) mass is 368 g/mol. The second-order valence-electron chi connectivity index (χ2n) is 5.90. The normalized spacial score (nSPS) is 15.5. The molecule has 0 unspecified atom stereocenters. The third-order valence-electron chi connectivity index (χ3n) is 4.00. The average Bonchev–Trinajstić information content (AvgIpc) is 2.89. The Morgan fingerprint density at radius 3 is 2.48 bits per heavy atom. The van der Waals surface area contributed by atoms with Gasteiger partial charge < -0.3 is 9.64 Å². The number of hydrogen-bond donors (Lipinski definition) is 1. The number of sulfonamides is 1. The smallest absolute Gasteiger partial charge is 0.338 e. The van der Waals surface area contributed by atoms with E-state index in [1.807, 2.05) is 0 Å². The summed E-state index contributed by atoms with van der Waals surface area (Å²) < 4.78 is 31.4. The molecule has 8 heteroatoms. The highest BCUT2D eigenvalue weighted by Gasteiger charge is 2.19. The summed E-state index contributed by atoms with van der Waals surface area (Å²) in [5, 5.41) is 0. The minimum atomic E-state index is -3.65. The Bertz CT molecular complexity index is 710. The molecule has 1 aliphatic rings. The lowest BCUT2D eigenvalue weighted by molar-refractivity contribution is -0.134. The van der Waals surface area contributed by atoms with Gasteiger partial charge in [0.25, 0.3) is 5.91 Å². The van der Waals surface area contributed by atoms with Gasteiger partial charge in [0, 0.05) is 19.6 Å². The standard InChI is InChI=1S/C17H24N2O5S/c1-2-18-25(22,23)15-9-7-8-14(12-15)17(21)24-13-16(20)19-10-5-3-4-6-11-19/h7-9,12,18H,2-6,10-11,13H2,1H3. The number of carbonyl (C=O) groups excluding carboxylic acids is 2. The summed E-state index contributed by atoms with van der Waals surface area (Å²) in [6.07, 6.45) is 4.14. The molecule has 7 nitrogen and oxygen atoms in total. The summed E-state index contributed by atoms with van der Waals surface area (Å²) in [6, 6.07) is 5.58. The van der Waals surface area contributed by atoms with Crippen LogP contribution in [0.2, 0.25) is 0 Å². The fourth-order valence-corrected chi connectivity index (χ4v) is 3.77. The Labute approximate surface area is 148 Å². The van der Waals surface area contributed by atoms with E-state index in [4.69, 9.17) is 4.74 Å². The van der Waals surface area contributed by atoms with E-state index in [-0.39, 0.29) is 29.5 Å². The van der Waals surface area contributed by atoms with E-state index in [0.29, 0.717) is 13.1 Å². The van der Waals surface area contributed by atoms with Gasteiger partial charge in [-0.25, -0.2) is 17.9 Å². The zero-order valence-electron chi connectivity index (χ0n) is 14.4. The highest BCUT2D eigenvalue weighted by atomic mass is 32.2. The molecule has 138 valence electrons. The minimum absolute atomic E-state index is 0.0114. The number of nitrogens with zero attached hydrogens (tertiary/aromatic N) is 1. The SMILES string of the molecule is CCNS(=O)(=O)c1cccc(C(=O)OCC(=O)N2CCCCCC2)c1. The number of rotatable bonds is 6. The van der Waals surface area contributed by atoms with Crippen LogP contribution in [0.4, 0.5) is 0 Å². The molecule has 25 heavy (non-hydrogen) atoms. The quantitative estimate of drug-likeness (QED) is 0.769. The Balaban J connectivity index is 1.97. The number of esters is 1. The van der Waals surface area contributed by atoms with Crippen molar-refractivity contribution in [3.8, 4) is 0 Å². The molecule has 1 heterocycles. The largest absolute Gasteiger partial charge is 0.452 e. The zero-order chi connectivity index (χ0) is 18.3. The van der Waals surface area contributed by atoms with E-state index in [1.165, 1.54) is 24.3 Å². The summed E-state index contributed by atoms with van der Waals surface area (Å²) >= 11 is 0. The Kier molecular flexibility index (Phi) is 6.95. The fraction of sp³-hybridized carbons (Fsp3) is 0.529. The maximum atomic E-state index is 12.1. The van der Waals surface area contributed by atoms with Crippen LogP contribution in [0.1, 0.15) is 43.0 Å². The van der Waals surface area contributed by atoms with Crippen molar-refractivity contribution in [2.75, 3.05) is 26.2 Å². The molecule has 1 fully saturated rings. The van der Waals surface area contributed by atoms with Crippen molar-refractivity contribution in [2.45, 2.75) is 37.5 Å². The van der Waals surface area contributed by atoms with Crippen LogP contribution in [0.25, 0.3) is 0 Å². The van der Waals surface area contributed by atoms with Gasteiger partial charge >= 0.3 is 5.97 Å². The molecule has 1 amide bonds. The van der Waals surface area contributed by atoms with E-state index in [2.05, 4.69) is 4.72 Å². The van der Waals surface area contributed by atoms with Gasteiger partial charge in [0.1, 0.15) is 0 Å². The first-order chi connectivity index (χ1) is 11.9. The second kappa shape index (κ2) is 8.96. The third kappa shape index (κ3) is 5.54. The molecule has 1 aliphatic heterocycles. The molecular weight excluding hydrogens is 344 g/mol. The molecule has 0 aromatic heterocycles. The first kappa shape index (κ1) is 19.4. The van der Waals surface area contributed by atoms with Crippen LogP contribution in [0, 0.1) is 0 Å². The van der Waals surface area contributed by atoms with Gasteiger partial charge in [0.2, 0.25) is 10.0 Å². The lowest BCUT2D eigenvalue weighted by atomic mass is 10.2. The number of carbonyl (C=O) groups is 2. The Morgan fingerprint density at radius 1 is 1.16 bits per heavy atom.